The number of anilines is 1. The smallest absolute Gasteiger partial charge is 0.251 e. The summed E-state index contributed by atoms with van der Waals surface area (Å²) >= 11 is 0. The number of hydrogen-bond acceptors (Lipinski definition) is 2. The van der Waals surface area contributed by atoms with Gasteiger partial charge in [-0.15, -0.1) is 0 Å². The van der Waals surface area contributed by atoms with Crippen molar-refractivity contribution in [1.29, 1.82) is 0 Å². The second-order valence-electron chi connectivity index (χ2n) is 6.88. The summed E-state index contributed by atoms with van der Waals surface area (Å²) < 4.78 is 0. The topological polar surface area (TPSA) is 41.1 Å². The van der Waals surface area contributed by atoms with Crippen molar-refractivity contribution in [3.05, 3.63) is 29.8 Å². The molecule has 0 bridgehead atoms. The summed E-state index contributed by atoms with van der Waals surface area (Å²) in [6, 6.07) is 8.86. The van der Waals surface area contributed by atoms with Crippen LogP contribution in [0.15, 0.2) is 24.3 Å². The van der Waals surface area contributed by atoms with Gasteiger partial charge in [-0.1, -0.05) is 26.3 Å². The van der Waals surface area contributed by atoms with E-state index in [1.807, 2.05) is 18.2 Å². The average molecular weight is 286 g/mol. The maximum absolute atomic E-state index is 12.1. The maximum atomic E-state index is 12.1. The van der Waals surface area contributed by atoms with Crippen LogP contribution >= 0.6 is 0 Å². The molecule has 0 spiro atoms. The SMILES string of the molecule is CC1CCCC(C)C1Nc1cccc(C(=O)NC2CC2)c1. The van der Waals surface area contributed by atoms with Crippen LogP contribution in [0.1, 0.15) is 56.3 Å². The van der Waals surface area contributed by atoms with E-state index in [9.17, 15) is 4.79 Å². The van der Waals surface area contributed by atoms with Gasteiger partial charge in [-0.2, -0.15) is 0 Å². The fraction of sp³-hybridized carbons (Fsp3) is 0.611. The third-order valence-electron chi connectivity index (χ3n) is 4.92. The molecule has 2 N–H and O–H groups in total. The molecular weight excluding hydrogens is 260 g/mol. The van der Waals surface area contributed by atoms with E-state index in [-0.39, 0.29) is 5.91 Å². The minimum atomic E-state index is 0.0610. The summed E-state index contributed by atoms with van der Waals surface area (Å²) in [5.74, 6) is 1.45. The molecule has 0 radical (unpaired) electrons. The van der Waals surface area contributed by atoms with Crippen LogP contribution in [0.25, 0.3) is 0 Å². The van der Waals surface area contributed by atoms with Gasteiger partial charge in [0.15, 0.2) is 0 Å². The summed E-state index contributed by atoms with van der Waals surface area (Å²) in [5, 5.41) is 6.72. The third kappa shape index (κ3) is 3.58. The van der Waals surface area contributed by atoms with E-state index < -0.39 is 0 Å². The number of rotatable bonds is 4. The molecule has 0 heterocycles. The first-order chi connectivity index (χ1) is 10.1. The number of hydrogen-bond donors (Lipinski definition) is 2. The van der Waals surface area contributed by atoms with Gasteiger partial charge in [0.2, 0.25) is 0 Å². The zero-order valence-electron chi connectivity index (χ0n) is 13.1. The van der Waals surface area contributed by atoms with Gasteiger partial charge in [0.1, 0.15) is 0 Å². The minimum absolute atomic E-state index is 0.0610. The van der Waals surface area contributed by atoms with Crippen molar-refractivity contribution in [2.75, 3.05) is 5.32 Å². The number of carbonyl (C=O) groups is 1. The van der Waals surface area contributed by atoms with Crippen LogP contribution < -0.4 is 10.6 Å². The summed E-state index contributed by atoms with van der Waals surface area (Å²) in [4.78, 5) is 12.1. The second-order valence-corrected chi connectivity index (χ2v) is 6.88. The van der Waals surface area contributed by atoms with Crippen molar-refractivity contribution in [3.63, 3.8) is 0 Å². The van der Waals surface area contributed by atoms with E-state index >= 15 is 0 Å². The average Bonchev–Trinajstić information content (AvgIpc) is 3.27. The van der Waals surface area contributed by atoms with Crippen LogP contribution in [0.2, 0.25) is 0 Å². The lowest BCUT2D eigenvalue weighted by Gasteiger charge is -2.36. The Morgan fingerprint density at radius 3 is 2.48 bits per heavy atom. The molecule has 1 aromatic rings. The summed E-state index contributed by atoms with van der Waals surface area (Å²) in [6.07, 6.45) is 6.18. The molecule has 3 heteroatoms. The molecule has 2 atom stereocenters. The van der Waals surface area contributed by atoms with Crippen molar-refractivity contribution in [2.45, 2.75) is 58.0 Å². The molecule has 2 aliphatic carbocycles. The number of amides is 1. The predicted molar refractivity (Wildman–Crippen MR) is 86.5 cm³/mol. The van der Waals surface area contributed by atoms with E-state index in [1.165, 1.54) is 19.3 Å². The van der Waals surface area contributed by atoms with Gasteiger partial charge >= 0.3 is 0 Å². The Hall–Kier alpha value is -1.51. The maximum Gasteiger partial charge on any atom is 0.251 e. The highest BCUT2D eigenvalue weighted by atomic mass is 16.1. The fourth-order valence-electron chi connectivity index (χ4n) is 3.41. The Bertz CT molecular complexity index is 500. The van der Waals surface area contributed by atoms with Crippen molar-refractivity contribution < 1.29 is 4.79 Å². The van der Waals surface area contributed by atoms with Gasteiger partial charge in [-0.25, -0.2) is 0 Å². The number of benzene rings is 1. The van der Waals surface area contributed by atoms with E-state index in [4.69, 9.17) is 0 Å². The highest BCUT2D eigenvalue weighted by Crippen LogP contribution is 2.31. The Morgan fingerprint density at radius 1 is 1.10 bits per heavy atom. The monoisotopic (exact) mass is 286 g/mol. The lowest BCUT2D eigenvalue weighted by molar-refractivity contribution is 0.0951. The normalized spacial score (nSPS) is 29.0. The Labute approximate surface area is 127 Å². The number of nitrogens with one attached hydrogen (secondary N) is 2. The zero-order valence-corrected chi connectivity index (χ0v) is 13.1. The van der Waals surface area contributed by atoms with E-state index in [2.05, 4.69) is 30.5 Å². The van der Waals surface area contributed by atoms with Gasteiger partial charge in [0, 0.05) is 23.3 Å². The van der Waals surface area contributed by atoms with Gasteiger partial charge in [-0.3, -0.25) is 4.79 Å². The van der Waals surface area contributed by atoms with E-state index in [1.54, 1.807) is 0 Å². The lowest BCUT2D eigenvalue weighted by Crippen LogP contribution is -2.37. The lowest BCUT2D eigenvalue weighted by atomic mass is 9.78. The predicted octanol–water partition coefficient (Wildman–Crippen LogP) is 3.82. The van der Waals surface area contributed by atoms with Crippen LogP contribution in [-0.2, 0) is 0 Å². The molecule has 0 aromatic heterocycles. The molecule has 0 aliphatic heterocycles. The molecular formula is C18H26N2O. The molecule has 2 unspecified atom stereocenters. The first kappa shape index (κ1) is 14.4. The summed E-state index contributed by atoms with van der Waals surface area (Å²) in [6.45, 7) is 4.66. The molecule has 2 saturated carbocycles. The van der Waals surface area contributed by atoms with Crippen LogP contribution in [0.3, 0.4) is 0 Å². The minimum Gasteiger partial charge on any atom is -0.382 e. The second kappa shape index (κ2) is 6.08. The van der Waals surface area contributed by atoms with Crippen molar-refractivity contribution >= 4 is 11.6 Å². The standard InChI is InChI=1S/C18H26N2O/c1-12-5-3-6-13(2)17(12)19-16-8-4-7-14(11-16)18(21)20-15-9-10-15/h4,7-8,11-13,15,17,19H,3,5-6,9-10H2,1-2H3,(H,20,21). The highest BCUT2D eigenvalue weighted by molar-refractivity contribution is 5.95. The zero-order chi connectivity index (χ0) is 14.8. The third-order valence-corrected chi connectivity index (χ3v) is 4.92. The fourth-order valence-corrected chi connectivity index (χ4v) is 3.41. The van der Waals surface area contributed by atoms with Gasteiger partial charge in [-0.05, 0) is 55.7 Å². The molecule has 1 aromatic carbocycles. The van der Waals surface area contributed by atoms with Crippen molar-refractivity contribution in [3.8, 4) is 0 Å². The van der Waals surface area contributed by atoms with E-state index in [0.717, 1.165) is 24.1 Å². The van der Waals surface area contributed by atoms with Crippen LogP contribution in [0.5, 0.6) is 0 Å². The summed E-state index contributed by atoms with van der Waals surface area (Å²) in [7, 11) is 0. The summed E-state index contributed by atoms with van der Waals surface area (Å²) in [5.41, 5.74) is 1.84. The molecule has 2 aliphatic rings. The number of carbonyl (C=O) groups excluding carboxylic acids is 1. The molecule has 3 rings (SSSR count). The van der Waals surface area contributed by atoms with Gasteiger partial charge in [0.05, 0.1) is 0 Å². The van der Waals surface area contributed by atoms with Crippen molar-refractivity contribution in [2.24, 2.45) is 11.8 Å². The Kier molecular flexibility index (Phi) is 4.18. The highest BCUT2D eigenvalue weighted by Gasteiger charge is 2.28. The molecule has 3 nitrogen and oxygen atoms in total. The molecule has 114 valence electrons. The van der Waals surface area contributed by atoms with Gasteiger partial charge < -0.3 is 10.6 Å². The van der Waals surface area contributed by atoms with Gasteiger partial charge in [0.25, 0.3) is 5.91 Å². The van der Waals surface area contributed by atoms with E-state index in [0.29, 0.717) is 23.9 Å². The molecule has 0 saturated heterocycles. The largest absolute Gasteiger partial charge is 0.382 e. The Morgan fingerprint density at radius 2 is 1.81 bits per heavy atom. The first-order valence-corrected chi connectivity index (χ1v) is 8.31. The quantitative estimate of drug-likeness (QED) is 0.883. The van der Waals surface area contributed by atoms with Crippen LogP contribution in [0, 0.1) is 11.8 Å². The van der Waals surface area contributed by atoms with Crippen LogP contribution in [-0.4, -0.2) is 18.0 Å². The van der Waals surface area contributed by atoms with Crippen molar-refractivity contribution in [1.82, 2.24) is 5.32 Å². The Balaban J connectivity index is 1.68. The molecule has 1 amide bonds. The van der Waals surface area contributed by atoms with Crippen LogP contribution in [0.4, 0.5) is 5.69 Å². The first-order valence-electron chi connectivity index (χ1n) is 8.31. The molecule has 21 heavy (non-hydrogen) atoms. The molecule has 2 fully saturated rings.